The van der Waals surface area contributed by atoms with E-state index in [-0.39, 0.29) is 0 Å². The fraction of sp³-hybridized carbons (Fsp3) is 0.833. The average molecular weight is 381 g/mol. The van der Waals surface area contributed by atoms with Gasteiger partial charge in [0.25, 0.3) is 0 Å². The molecular formula is C24H48N2O. The Morgan fingerprint density at radius 1 is 0.556 bits per heavy atom. The monoisotopic (exact) mass is 380 g/mol. The lowest BCUT2D eigenvalue weighted by molar-refractivity contribution is 0.215. The van der Waals surface area contributed by atoms with Crippen molar-refractivity contribution >= 4 is 0 Å². The molecule has 0 saturated carbocycles. The lowest BCUT2D eigenvalue weighted by Crippen LogP contribution is -2.28. The van der Waals surface area contributed by atoms with Crippen LogP contribution in [-0.4, -0.2) is 49.1 Å². The SMILES string of the molecule is C=C(CCN(CCCC)CCCC)OC(=C)CCN(CCCC)CCCC. The van der Waals surface area contributed by atoms with E-state index in [4.69, 9.17) is 4.74 Å². The van der Waals surface area contributed by atoms with Crippen molar-refractivity contribution in [2.45, 2.75) is 91.9 Å². The molecule has 0 aliphatic carbocycles. The predicted molar refractivity (Wildman–Crippen MR) is 121 cm³/mol. The molecule has 0 radical (unpaired) electrons. The highest BCUT2D eigenvalue weighted by molar-refractivity contribution is 4.94. The van der Waals surface area contributed by atoms with Crippen molar-refractivity contribution in [3.63, 3.8) is 0 Å². The summed E-state index contributed by atoms with van der Waals surface area (Å²) in [5.41, 5.74) is 0. The van der Waals surface area contributed by atoms with Gasteiger partial charge in [-0.15, -0.1) is 0 Å². The summed E-state index contributed by atoms with van der Waals surface area (Å²) in [7, 11) is 0. The molecule has 0 aliphatic rings. The molecule has 0 aromatic rings. The van der Waals surface area contributed by atoms with Gasteiger partial charge in [-0.1, -0.05) is 66.5 Å². The molecule has 0 atom stereocenters. The highest BCUT2D eigenvalue weighted by atomic mass is 16.5. The standard InChI is InChI=1S/C24H48N2O/c1-7-11-17-25(18-12-8-2)21-15-23(5)27-24(6)16-22-26(19-13-9-3)20-14-10-4/h5-22H2,1-4H3. The van der Waals surface area contributed by atoms with Crippen LogP contribution in [0.4, 0.5) is 0 Å². The van der Waals surface area contributed by atoms with Gasteiger partial charge in [-0.2, -0.15) is 0 Å². The van der Waals surface area contributed by atoms with Crippen molar-refractivity contribution in [1.29, 1.82) is 0 Å². The van der Waals surface area contributed by atoms with Crippen LogP contribution in [-0.2, 0) is 4.74 Å². The van der Waals surface area contributed by atoms with E-state index in [2.05, 4.69) is 50.7 Å². The Hall–Kier alpha value is -0.800. The van der Waals surface area contributed by atoms with Crippen molar-refractivity contribution in [2.24, 2.45) is 0 Å². The zero-order valence-electron chi connectivity index (χ0n) is 19.0. The molecule has 3 heteroatoms. The predicted octanol–water partition coefficient (Wildman–Crippen LogP) is 6.62. The van der Waals surface area contributed by atoms with E-state index >= 15 is 0 Å². The van der Waals surface area contributed by atoms with Crippen LogP contribution in [0.15, 0.2) is 24.7 Å². The number of rotatable bonds is 20. The van der Waals surface area contributed by atoms with Crippen molar-refractivity contribution in [2.75, 3.05) is 39.3 Å². The van der Waals surface area contributed by atoms with E-state index in [9.17, 15) is 0 Å². The summed E-state index contributed by atoms with van der Waals surface area (Å²) < 4.78 is 5.93. The first-order valence-electron chi connectivity index (χ1n) is 11.5. The maximum absolute atomic E-state index is 5.93. The summed E-state index contributed by atoms with van der Waals surface area (Å²) in [5, 5.41) is 0. The summed E-state index contributed by atoms with van der Waals surface area (Å²) in [6, 6.07) is 0. The minimum Gasteiger partial charge on any atom is -0.467 e. The molecule has 27 heavy (non-hydrogen) atoms. The average Bonchev–Trinajstić information content (AvgIpc) is 2.66. The summed E-state index contributed by atoms with van der Waals surface area (Å²) >= 11 is 0. The fourth-order valence-corrected chi connectivity index (χ4v) is 3.07. The van der Waals surface area contributed by atoms with E-state index in [1.54, 1.807) is 0 Å². The van der Waals surface area contributed by atoms with E-state index in [1.165, 1.54) is 77.5 Å². The summed E-state index contributed by atoms with van der Waals surface area (Å²) in [6.07, 6.45) is 11.9. The molecule has 0 unspecified atom stereocenters. The van der Waals surface area contributed by atoms with Gasteiger partial charge < -0.3 is 14.5 Å². The Kier molecular flexibility index (Phi) is 18.0. The second kappa shape index (κ2) is 18.6. The van der Waals surface area contributed by atoms with Gasteiger partial charge in [-0.05, 0) is 51.9 Å². The first-order chi connectivity index (χ1) is 13.1. The van der Waals surface area contributed by atoms with Gasteiger partial charge in [-0.25, -0.2) is 0 Å². The summed E-state index contributed by atoms with van der Waals surface area (Å²) in [5.74, 6) is 1.73. The number of hydrogen-bond acceptors (Lipinski definition) is 3. The van der Waals surface area contributed by atoms with Crippen LogP contribution in [0, 0.1) is 0 Å². The second-order valence-electron chi connectivity index (χ2n) is 7.78. The third-order valence-electron chi connectivity index (χ3n) is 5.01. The molecule has 3 nitrogen and oxygen atoms in total. The van der Waals surface area contributed by atoms with Gasteiger partial charge in [0.2, 0.25) is 0 Å². The highest BCUT2D eigenvalue weighted by Gasteiger charge is 2.09. The number of hydrogen-bond donors (Lipinski definition) is 0. The quantitative estimate of drug-likeness (QED) is 0.221. The number of nitrogens with zero attached hydrogens (tertiary/aromatic N) is 2. The van der Waals surface area contributed by atoms with Crippen molar-refractivity contribution in [3.8, 4) is 0 Å². The third kappa shape index (κ3) is 15.9. The molecule has 0 spiro atoms. The molecule has 0 saturated heterocycles. The van der Waals surface area contributed by atoms with Crippen molar-refractivity contribution < 1.29 is 4.74 Å². The lowest BCUT2D eigenvalue weighted by Gasteiger charge is -2.24. The smallest absolute Gasteiger partial charge is 0.0977 e. The maximum Gasteiger partial charge on any atom is 0.0977 e. The largest absolute Gasteiger partial charge is 0.467 e. The molecule has 0 aromatic carbocycles. The van der Waals surface area contributed by atoms with Gasteiger partial charge in [0.05, 0.1) is 11.5 Å². The molecule has 0 bridgehead atoms. The topological polar surface area (TPSA) is 15.7 Å². The molecule has 0 N–H and O–H groups in total. The Morgan fingerprint density at radius 3 is 1.11 bits per heavy atom. The van der Waals surface area contributed by atoms with Gasteiger partial charge in [-0.3, -0.25) is 0 Å². The minimum absolute atomic E-state index is 0.867. The number of unbranched alkanes of at least 4 members (excludes halogenated alkanes) is 4. The van der Waals surface area contributed by atoms with Crippen LogP contribution in [0.2, 0.25) is 0 Å². The van der Waals surface area contributed by atoms with E-state index in [0.29, 0.717) is 0 Å². The normalized spacial score (nSPS) is 11.3. The van der Waals surface area contributed by atoms with Crippen LogP contribution in [0.25, 0.3) is 0 Å². The minimum atomic E-state index is 0.867. The van der Waals surface area contributed by atoms with Crippen LogP contribution in [0.3, 0.4) is 0 Å². The summed E-state index contributed by atoms with van der Waals surface area (Å²) in [4.78, 5) is 5.11. The first kappa shape index (κ1) is 26.2. The molecule has 0 fully saturated rings. The van der Waals surface area contributed by atoms with Gasteiger partial charge in [0, 0.05) is 25.9 Å². The Morgan fingerprint density at radius 2 is 0.852 bits per heavy atom. The molecule has 0 aliphatic heterocycles. The van der Waals surface area contributed by atoms with Crippen molar-refractivity contribution in [1.82, 2.24) is 9.80 Å². The lowest BCUT2D eigenvalue weighted by atomic mass is 10.2. The Labute approximate surface area is 170 Å². The van der Waals surface area contributed by atoms with Crippen LogP contribution in [0.1, 0.15) is 91.9 Å². The molecule has 0 aromatic heterocycles. The number of ether oxygens (including phenoxy) is 1. The van der Waals surface area contributed by atoms with Crippen molar-refractivity contribution in [3.05, 3.63) is 24.7 Å². The zero-order valence-corrected chi connectivity index (χ0v) is 19.0. The van der Waals surface area contributed by atoms with Crippen LogP contribution in [0.5, 0.6) is 0 Å². The first-order valence-corrected chi connectivity index (χ1v) is 11.5. The van der Waals surface area contributed by atoms with E-state index in [0.717, 1.165) is 37.4 Å². The summed E-state index contributed by atoms with van der Waals surface area (Å²) in [6.45, 7) is 24.1. The zero-order chi connectivity index (χ0) is 20.3. The van der Waals surface area contributed by atoms with Gasteiger partial charge >= 0.3 is 0 Å². The fourth-order valence-electron chi connectivity index (χ4n) is 3.07. The molecule has 0 rings (SSSR count). The molecule has 160 valence electrons. The van der Waals surface area contributed by atoms with Crippen LogP contribution >= 0.6 is 0 Å². The highest BCUT2D eigenvalue weighted by Crippen LogP contribution is 2.13. The van der Waals surface area contributed by atoms with E-state index in [1.807, 2.05) is 0 Å². The van der Waals surface area contributed by atoms with E-state index < -0.39 is 0 Å². The second-order valence-corrected chi connectivity index (χ2v) is 7.78. The molecule has 0 amide bonds. The van der Waals surface area contributed by atoms with Crippen LogP contribution < -0.4 is 0 Å². The Balaban J connectivity index is 4.16. The van der Waals surface area contributed by atoms with Gasteiger partial charge in [0.1, 0.15) is 0 Å². The Bertz CT molecular complexity index is 317. The third-order valence-corrected chi connectivity index (χ3v) is 5.01. The van der Waals surface area contributed by atoms with Gasteiger partial charge in [0.15, 0.2) is 0 Å². The molecule has 0 heterocycles. The molecular weight excluding hydrogens is 332 g/mol. The maximum atomic E-state index is 5.93.